The molecule has 3 N–H and O–H groups in total. The molecular formula is C17H24N2O2. The van der Waals surface area contributed by atoms with Crippen molar-refractivity contribution >= 4 is 11.7 Å². The summed E-state index contributed by atoms with van der Waals surface area (Å²) in [6, 6.07) is 7.57. The van der Waals surface area contributed by atoms with Crippen molar-refractivity contribution in [1.29, 1.82) is 0 Å². The van der Waals surface area contributed by atoms with Crippen LogP contribution in [0.15, 0.2) is 24.3 Å². The third-order valence-corrected chi connectivity index (χ3v) is 4.37. The molecule has 21 heavy (non-hydrogen) atoms. The monoisotopic (exact) mass is 288 g/mol. The first-order valence-electron chi connectivity index (χ1n) is 7.68. The van der Waals surface area contributed by atoms with Crippen molar-refractivity contribution in [2.24, 2.45) is 5.73 Å². The SMILES string of the molecule is Cc1ccc(C(=O)CCNC2(C(N)=O)CCCCC2)cc1. The summed E-state index contributed by atoms with van der Waals surface area (Å²) in [5.74, 6) is -0.192. The number of amides is 1. The third-order valence-electron chi connectivity index (χ3n) is 4.37. The number of carbonyl (C=O) groups excluding carboxylic acids is 2. The molecule has 4 nitrogen and oxygen atoms in total. The van der Waals surface area contributed by atoms with Crippen LogP contribution >= 0.6 is 0 Å². The smallest absolute Gasteiger partial charge is 0.237 e. The lowest BCUT2D eigenvalue weighted by Crippen LogP contribution is -2.56. The zero-order valence-corrected chi connectivity index (χ0v) is 12.7. The van der Waals surface area contributed by atoms with Crippen LogP contribution in [0.4, 0.5) is 0 Å². The average molecular weight is 288 g/mol. The second kappa shape index (κ2) is 6.85. The van der Waals surface area contributed by atoms with E-state index >= 15 is 0 Å². The van der Waals surface area contributed by atoms with E-state index in [2.05, 4.69) is 5.32 Å². The molecule has 0 saturated heterocycles. The first-order chi connectivity index (χ1) is 10.0. The molecule has 0 radical (unpaired) electrons. The van der Waals surface area contributed by atoms with Crippen LogP contribution in [0.5, 0.6) is 0 Å². The van der Waals surface area contributed by atoms with Crippen LogP contribution in [-0.4, -0.2) is 23.8 Å². The molecule has 114 valence electrons. The molecule has 0 spiro atoms. The van der Waals surface area contributed by atoms with Crippen LogP contribution in [-0.2, 0) is 4.79 Å². The van der Waals surface area contributed by atoms with Gasteiger partial charge in [-0.25, -0.2) is 0 Å². The van der Waals surface area contributed by atoms with E-state index in [1.54, 1.807) is 0 Å². The standard InChI is InChI=1S/C17H24N2O2/c1-13-5-7-14(8-6-13)15(20)9-12-19-17(16(18)21)10-3-2-4-11-17/h5-8,19H,2-4,9-12H2,1H3,(H2,18,21). The fraction of sp³-hybridized carbons (Fsp3) is 0.529. The predicted molar refractivity (Wildman–Crippen MR) is 83.1 cm³/mol. The number of hydrogen-bond donors (Lipinski definition) is 2. The lowest BCUT2D eigenvalue weighted by atomic mass is 9.81. The fourth-order valence-corrected chi connectivity index (χ4v) is 2.96. The normalized spacial score (nSPS) is 17.4. The van der Waals surface area contributed by atoms with Gasteiger partial charge in [-0.05, 0) is 19.8 Å². The van der Waals surface area contributed by atoms with Crippen LogP contribution in [0.1, 0.15) is 54.4 Å². The first kappa shape index (κ1) is 15.7. The van der Waals surface area contributed by atoms with Crippen molar-refractivity contribution in [2.45, 2.75) is 51.0 Å². The Labute approximate surface area is 126 Å². The number of hydrogen-bond acceptors (Lipinski definition) is 3. The number of carbonyl (C=O) groups is 2. The van der Waals surface area contributed by atoms with Gasteiger partial charge < -0.3 is 11.1 Å². The third kappa shape index (κ3) is 3.91. The highest BCUT2D eigenvalue weighted by molar-refractivity contribution is 5.96. The summed E-state index contributed by atoms with van der Waals surface area (Å²) in [5.41, 5.74) is 6.82. The minimum atomic E-state index is -0.605. The number of ketones is 1. The van der Waals surface area contributed by atoms with E-state index in [0.29, 0.717) is 13.0 Å². The van der Waals surface area contributed by atoms with E-state index < -0.39 is 5.54 Å². The molecule has 0 aliphatic heterocycles. The Morgan fingerprint density at radius 2 is 1.76 bits per heavy atom. The van der Waals surface area contributed by atoms with Gasteiger partial charge in [0.2, 0.25) is 5.91 Å². The van der Waals surface area contributed by atoms with E-state index in [-0.39, 0.29) is 11.7 Å². The number of nitrogens with one attached hydrogen (secondary N) is 1. The molecule has 0 unspecified atom stereocenters. The van der Waals surface area contributed by atoms with Crippen LogP contribution in [0.25, 0.3) is 0 Å². The zero-order valence-electron chi connectivity index (χ0n) is 12.7. The molecule has 1 aromatic rings. The van der Waals surface area contributed by atoms with Gasteiger partial charge in [-0.2, -0.15) is 0 Å². The summed E-state index contributed by atoms with van der Waals surface area (Å²) < 4.78 is 0. The summed E-state index contributed by atoms with van der Waals surface area (Å²) in [4.78, 5) is 23.8. The minimum Gasteiger partial charge on any atom is -0.368 e. The van der Waals surface area contributed by atoms with Crippen LogP contribution < -0.4 is 11.1 Å². The van der Waals surface area contributed by atoms with Gasteiger partial charge in [0.15, 0.2) is 5.78 Å². The maximum atomic E-state index is 12.1. The molecule has 0 atom stereocenters. The molecule has 1 aromatic carbocycles. The molecule has 1 aliphatic rings. The highest BCUT2D eigenvalue weighted by Gasteiger charge is 2.37. The van der Waals surface area contributed by atoms with Crippen molar-refractivity contribution in [3.63, 3.8) is 0 Å². The van der Waals surface area contributed by atoms with Gasteiger partial charge in [-0.1, -0.05) is 49.1 Å². The van der Waals surface area contributed by atoms with Gasteiger partial charge in [0, 0.05) is 18.5 Å². The van der Waals surface area contributed by atoms with Crippen LogP contribution in [0.3, 0.4) is 0 Å². The van der Waals surface area contributed by atoms with Crippen molar-refractivity contribution in [3.05, 3.63) is 35.4 Å². The molecule has 0 bridgehead atoms. The summed E-state index contributed by atoms with van der Waals surface area (Å²) in [7, 11) is 0. The number of benzene rings is 1. The summed E-state index contributed by atoms with van der Waals surface area (Å²) in [6.45, 7) is 2.49. The van der Waals surface area contributed by atoms with Gasteiger partial charge in [0.05, 0.1) is 5.54 Å². The van der Waals surface area contributed by atoms with Crippen molar-refractivity contribution in [1.82, 2.24) is 5.32 Å². The molecule has 1 fully saturated rings. The van der Waals surface area contributed by atoms with Crippen LogP contribution in [0.2, 0.25) is 0 Å². The summed E-state index contributed by atoms with van der Waals surface area (Å²) in [6.07, 6.45) is 5.13. The van der Waals surface area contributed by atoms with Gasteiger partial charge in [0.25, 0.3) is 0 Å². The maximum Gasteiger partial charge on any atom is 0.237 e. The first-order valence-corrected chi connectivity index (χ1v) is 7.68. The Bertz CT molecular complexity index is 502. The number of nitrogens with two attached hydrogens (primary N) is 1. The molecule has 2 rings (SSSR count). The average Bonchev–Trinajstić information content (AvgIpc) is 2.48. The Hall–Kier alpha value is -1.68. The zero-order chi connectivity index (χ0) is 15.3. The molecule has 1 saturated carbocycles. The van der Waals surface area contributed by atoms with Gasteiger partial charge in [0.1, 0.15) is 0 Å². The highest BCUT2D eigenvalue weighted by Crippen LogP contribution is 2.27. The predicted octanol–water partition coefficient (Wildman–Crippen LogP) is 2.35. The molecule has 0 aromatic heterocycles. The highest BCUT2D eigenvalue weighted by atomic mass is 16.1. The van der Waals surface area contributed by atoms with Gasteiger partial charge in [-0.3, -0.25) is 9.59 Å². The summed E-state index contributed by atoms with van der Waals surface area (Å²) in [5, 5.41) is 3.25. The van der Waals surface area contributed by atoms with Crippen molar-refractivity contribution < 1.29 is 9.59 Å². The van der Waals surface area contributed by atoms with E-state index in [1.165, 1.54) is 0 Å². The topological polar surface area (TPSA) is 72.2 Å². The Balaban J connectivity index is 1.89. The van der Waals surface area contributed by atoms with E-state index in [0.717, 1.165) is 43.2 Å². The Morgan fingerprint density at radius 3 is 2.33 bits per heavy atom. The van der Waals surface area contributed by atoms with Gasteiger partial charge >= 0.3 is 0 Å². The molecule has 4 heteroatoms. The molecule has 1 aliphatic carbocycles. The Kier molecular flexibility index (Phi) is 5.12. The number of primary amides is 1. The summed E-state index contributed by atoms with van der Waals surface area (Å²) >= 11 is 0. The molecular weight excluding hydrogens is 264 g/mol. The van der Waals surface area contributed by atoms with E-state index in [9.17, 15) is 9.59 Å². The number of rotatable bonds is 6. The van der Waals surface area contributed by atoms with E-state index in [4.69, 9.17) is 5.73 Å². The van der Waals surface area contributed by atoms with Crippen molar-refractivity contribution in [2.75, 3.05) is 6.54 Å². The second-order valence-corrected chi connectivity index (χ2v) is 5.97. The lowest BCUT2D eigenvalue weighted by molar-refractivity contribution is -0.125. The number of aryl methyl sites for hydroxylation is 1. The van der Waals surface area contributed by atoms with E-state index in [1.807, 2.05) is 31.2 Å². The lowest BCUT2D eigenvalue weighted by Gasteiger charge is -2.35. The Morgan fingerprint density at radius 1 is 1.14 bits per heavy atom. The van der Waals surface area contributed by atoms with Crippen molar-refractivity contribution in [3.8, 4) is 0 Å². The minimum absolute atomic E-state index is 0.0953. The fourth-order valence-electron chi connectivity index (χ4n) is 2.96. The molecule has 0 heterocycles. The largest absolute Gasteiger partial charge is 0.368 e. The second-order valence-electron chi connectivity index (χ2n) is 5.97. The molecule has 1 amide bonds. The maximum absolute atomic E-state index is 12.1. The number of Topliss-reactive ketones (excluding diaryl/α,β-unsaturated/α-hetero) is 1. The van der Waals surface area contributed by atoms with Gasteiger partial charge in [-0.15, -0.1) is 0 Å². The quantitative estimate of drug-likeness (QED) is 0.789. The van der Waals surface area contributed by atoms with Crippen LogP contribution in [0, 0.1) is 6.92 Å².